The molecule has 2 unspecified atom stereocenters. The Morgan fingerprint density at radius 2 is 1.94 bits per heavy atom. The standard InChI is InChI=1S/C13H23NO2/c1-9(2)10(3)14(11-6-7-11)13(15)12-5-4-8-16-12/h9-12H,4-8H2,1-3H3. The molecule has 2 fully saturated rings. The molecule has 16 heavy (non-hydrogen) atoms. The van der Waals surface area contributed by atoms with Crippen molar-refractivity contribution in [2.45, 2.75) is 64.6 Å². The third kappa shape index (κ3) is 2.40. The number of hydrogen-bond acceptors (Lipinski definition) is 2. The van der Waals surface area contributed by atoms with Crippen LogP contribution in [-0.4, -0.2) is 35.6 Å². The van der Waals surface area contributed by atoms with Gasteiger partial charge in [0.15, 0.2) is 0 Å². The quantitative estimate of drug-likeness (QED) is 0.734. The van der Waals surface area contributed by atoms with Crippen LogP contribution in [0, 0.1) is 5.92 Å². The van der Waals surface area contributed by atoms with Crippen molar-refractivity contribution in [2.75, 3.05) is 6.61 Å². The molecular formula is C13H23NO2. The number of rotatable bonds is 4. The van der Waals surface area contributed by atoms with Gasteiger partial charge in [0.05, 0.1) is 0 Å². The highest BCUT2D eigenvalue weighted by Crippen LogP contribution is 2.32. The van der Waals surface area contributed by atoms with Crippen molar-refractivity contribution in [1.29, 1.82) is 0 Å². The Morgan fingerprint density at radius 3 is 2.38 bits per heavy atom. The second-order valence-corrected chi connectivity index (χ2v) is 5.46. The lowest BCUT2D eigenvalue weighted by Gasteiger charge is -2.33. The highest BCUT2D eigenvalue weighted by molar-refractivity contribution is 5.82. The summed E-state index contributed by atoms with van der Waals surface area (Å²) in [6, 6.07) is 0.832. The zero-order valence-electron chi connectivity index (χ0n) is 10.6. The Balaban J connectivity index is 2.03. The molecule has 0 radical (unpaired) electrons. The third-order valence-electron chi connectivity index (χ3n) is 3.80. The highest BCUT2D eigenvalue weighted by atomic mass is 16.5. The van der Waals surface area contributed by atoms with Gasteiger partial charge in [-0.15, -0.1) is 0 Å². The molecule has 1 saturated carbocycles. The third-order valence-corrected chi connectivity index (χ3v) is 3.80. The lowest BCUT2D eigenvalue weighted by Crippen LogP contribution is -2.47. The summed E-state index contributed by atoms with van der Waals surface area (Å²) >= 11 is 0. The minimum atomic E-state index is -0.151. The average molecular weight is 225 g/mol. The molecule has 3 nitrogen and oxygen atoms in total. The maximum absolute atomic E-state index is 12.4. The van der Waals surface area contributed by atoms with E-state index in [9.17, 15) is 4.79 Å². The fourth-order valence-corrected chi connectivity index (χ4v) is 2.33. The topological polar surface area (TPSA) is 29.5 Å². The van der Waals surface area contributed by atoms with Crippen molar-refractivity contribution in [3.05, 3.63) is 0 Å². The molecule has 2 aliphatic rings. The van der Waals surface area contributed by atoms with Crippen LogP contribution in [0.4, 0.5) is 0 Å². The van der Waals surface area contributed by atoms with E-state index < -0.39 is 0 Å². The molecule has 0 aromatic carbocycles. The van der Waals surface area contributed by atoms with Gasteiger partial charge in [0.1, 0.15) is 6.10 Å². The van der Waals surface area contributed by atoms with Gasteiger partial charge in [0.25, 0.3) is 5.91 Å². The molecule has 0 aromatic heterocycles. The Hall–Kier alpha value is -0.570. The van der Waals surface area contributed by atoms with Crippen molar-refractivity contribution in [3.8, 4) is 0 Å². The molecule has 1 heterocycles. The van der Waals surface area contributed by atoms with Gasteiger partial charge in [-0.2, -0.15) is 0 Å². The first-order chi connectivity index (χ1) is 7.61. The van der Waals surface area contributed by atoms with E-state index in [1.54, 1.807) is 0 Å². The second-order valence-electron chi connectivity index (χ2n) is 5.46. The van der Waals surface area contributed by atoms with E-state index in [-0.39, 0.29) is 12.0 Å². The van der Waals surface area contributed by atoms with E-state index >= 15 is 0 Å². The van der Waals surface area contributed by atoms with Gasteiger partial charge < -0.3 is 9.64 Å². The summed E-state index contributed by atoms with van der Waals surface area (Å²) in [5.41, 5.74) is 0. The number of carbonyl (C=O) groups excluding carboxylic acids is 1. The number of hydrogen-bond donors (Lipinski definition) is 0. The first kappa shape index (κ1) is 11.9. The van der Waals surface area contributed by atoms with E-state index in [0.717, 1.165) is 19.4 Å². The first-order valence-electron chi connectivity index (χ1n) is 6.55. The summed E-state index contributed by atoms with van der Waals surface area (Å²) in [4.78, 5) is 14.5. The van der Waals surface area contributed by atoms with E-state index in [0.29, 0.717) is 18.0 Å². The fourth-order valence-electron chi connectivity index (χ4n) is 2.33. The molecular weight excluding hydrogens is 202 g/mol. The highest BCUT2D eigenvalue weighted by Gasteiger charge is 2.40. The van der Waals surface area contributed by atoms with E-state index in [4.69, 9.17) is 4.74 Å². The maximum Gasteiger partial charge on any atom is 0.252 e. The van der Waals surface area contributed by atoms with Crippen molar-refractivity contribution < 1.29 is 9.53 Å². The Morgan fingerprint density at radius 1 is 1.25 bits per heavy atom. The lowest BCUT2D eigenvalue weighted by molar-refractivity contribution is -0.144. The predicted molar refractivity (Wildman–Crippen MR) is 63.1 cm³/mol. The summed E-state index contributed by atoms with van der Waals surface area (Å²) in [6.07, 6.45) is 4.14. The predicted octanol–water partition coefficient (Wildman–Crippen LogP) is 2.20. The minimum absolute atomic E-state index is 0.151. The summed E-state index contributed by atoms with van der Waals surface area (Å²) in [5, 5.41) is 0. The first-order valence-corrected chi connectivity index (χ1v) is 6.55. The van der Waals surface area contributed by atoms with Crippen LogP contribution >= 0.6 is 0 Å². The SMILES string of the molecule is CC(C)C(C)N(C(=O)C1CCCO1)C1CC1. The molecule has 2 atom stereocenters. The van der Waals surface area contributed by atoms with E-state index in [1.165, 1.54) is 12.8 Å². The molecule has 0 spiro atoms. The molecule has 0 N–H and O–H groups in total. The summed E-state index contributed by atoms with van der Waals surface area (Å²) in [7, 11) is 0. The number of ether oxygens (including phenoxy) is 1. The monoisotopic (exact) mass is 225 g/mol. The van der Waals surface area contributed by atoms with E-state index in [2.05, 4.69) is 25.7 Å². The van der Waals surface area contributed by atoms with Crippen LogP contribution in [0.2, 0.25) is 0 Å². The summed E-state index contributed by atoms with van der Waals surface area (Å²) in [6.45, 7) is 7.28. The largest absolute Gasteiger partial charge is 0.368 e. The van der Waals surface area contributed by atoms with Gasteiger partial charge in [-0.1, -0.05) is 13.8 Å². The van der Waals surface area contributed by atoms with Gasteiger partial charge in [-0.3, -0.25) is 4.79 Å². The maximum atomic E-state index is 12.4. The number of amides is 1. The lowest BCUT2D eigenvalue weighted by atomic mass is 10.0. The summed E-state index contributed by atoms with van der Waals surface area (Å²) < 4.78 is 5.51. The molecule has 1 aliphatic carbocycles. The van der Waals surface area contributed by atoms with Crippen molar-refractivity contribution in [1.82, 2.24) is 4.90 Å². The normalized spacial score (nSPS) is 27.1. The zero-order valence-corrected chi connectivity index (χ0v) is 10.6. The number of nitrogens with zero attached hydrogens (tertiary/aromatic N) is 1. The van der Waals surface area contributed by atoms with Crippen LogP contribution in [0.1, 0.15) is 46.5 Å². The van der Waals surface area contributed by atoms with Crippen molar-refractivity contribution >= 4 is 5.91 Å². The van der Waals surface area contributed by atoms with Crippen LogP contribution in [0.15, 0.2) is 0 Å². The molecule has 1 aliphatic heterocycles. The van der Waals surface area contributed by atoms with Crippen molar-refractivity contribution in [2.24, 2.45) is 5.92 Å². The van der Waals surface area contributed by atoms with Gasteiger partial charge in [-0.05, 0) is 38.5 Å². The molecule has 1 saturated heterocycles. The van der Waals surface area contributed by atoms with E-state index in [1.807, 2.05) is 0 Å². The van der Waals surface area contributed by atoms with Crippen LogP contribution in [-0.2, 0) is 9.53 Å². The Bertz CT molecular complexity index is 255. The minimum Gasteiger partial charge on any atom is -0.368 e. The van der Waals surface area contributed by atoms with Crippen LogP contribution in [0.3, 0.4) is 0 Å². The van der Waals surface area contributed by atoms with Gasteiger partial charge in [-0.25, -0.2) is 0 Å². The number of carbonyl (C=O) groups is 1. The van der Waals surface area contributed by atoms with Gasteiger partial charge in [0, 0.05) is 18.7 Å². The van der Waals surface area contributed by atoms with Crippen molar-refractivity contribution in [3.63, 3.8) is 0 Å². The van der Waals surface area contributed by atoms with Crippen LogP contribution in [0.5, 0.6) is 0 Å². The molecule has 1 amide bonds. The molecule has 0 aromatic rings. The molecule has 0 bridgehead atoms. The summed E-state index contributed by atoms with van der Waals surface area (Å²) in [5.74, 6) is 0.757. The molecule has 2 rings (SSSR count). The average Bonchev–Trinajstić information content (AvgIpc) is 2.93. The van der Waals surface area contributed by atoms with Crippen LogP contribution < -0.4 is 0 Å². The Labute approximate surface area is 98.1 Å². The fraction of sp³-hybridized carbons (Fsp3) is 0.923. The van der Waals surface area contributed by atoms with Gasteiger partial charge in [0.2, 0.25) is 0 Å². The molecule has 3 heteroatoms. The van der Waals surface area contributed by atoms with Crippen LogP contribution in [0.25, 0.3) is 0 Å². The van der Waals surface area contributed by atoms with Gasteiger partial charge >= 0.3 is 0 Å². The zero-order chi connectivity index (χ0) is 11.7. The smallest absolute Gasteiger partial charge is 0.252 e. The molecule has 92 valence electrons. The Kier molecular flexibility index (Phi) is 3.53. The second kappa shape index (κ2) is 4.74.